The summed E-state index contributed by atoms with van der Waals surface area (Å²) < 4.78 is 12.2. The van der Waals surface area contributed by atoms with Gasteiger partial charge < -0.3 is 0 Å². The molecule has 0 fully saturated rings. The summed E-state index contributed by atoms with van der Waals surface area (Å²) in [4.78, 5) is 19.3. The van der Waals surface area contributed by atoms with Gasteiger partial charge in [-0.3, -0.25) is 4.99 Å². The van der Waals surface area contributed by atoms with Crippen LogP contribution < -0.4 is 0 Å². The molecule has 0 radical (unpaired) electrons. The van der Waals surface area contributed by atoms with E-state index in [-0.39, 0.29) is 5.84 Å². The molecule has 1 rings (SSSR count). The van der Waals surface area contributed by atoms with E-state index in [0.717, 1.165) is 11.3 Å². The first-order valence-electron chi connectivity index (χ1n) is 6.43. The lowest BCUT2D eigenvalue weighted by Gasteiger charge is -2.10. The van der Waals surface area contributed by atoms with Crippen molar-refractivity contribution in [3.8, 4) is 0 Å². The predicted octanol–water partition coefficient (Wildman–Crippen LogP) is 4.75. The first kappa shape index (κ1) is 17.1. The van der Waals surface area contributed by atoms with Crippen LogP contribution in [-0.2, 0) is 0 Å². The Morgan fingerprint density at radius 3 is 2.80 bits per heavy atom. The number of nitrogens with zero attached hydrogens (tertiary/aromatic N) is 3. The minimum absolute atomic E-state index is 0.130. The van der Waals surface area contributed by atoms with Crippen molar-refractivity contribution in [1.82, 2.24) is 0 Å². The lowest BCUT2D eigenvalue weighted by molar-refractivity contribution is 0.315. The van der Waals surface area contributed by atoms with Crippen molar-refractivity contribution >= 4 is 34.1 Å². The topological polar surface area (TPSA) is 54.1 Å². The number of nitroso groups, excluding NO2 is 1. The number of alkyl halides is 2. The largest absolute Gasteiger partial charge is 0.274 e. The van der Waals surface area contributed by atoms with Crippen LogP contribution in [0.15, 0.2) is 39.1 Å². The summed E-state index contributed by atoms with van der Waals surface area (Å²) in [5, 5.41) is 2.94. The molecule has 0 aromatic rings. The number of hydrogen-bond donors (Lipinski definition) is 0. The lowest BCUT2D eigenvalue weighted by Crippen LogP contribution is -2.16. The average Bonchev–Trinajstić information content (AvgIpc) is 2.65. The summed E-state index contributed by atoms with van der Waals surface area (Å²) in [7, 11) is 0. The van der Waals surface area contributed by atoms with Crippen LogP contribution in [0.3, 0.4) is 0 Å². The number of aliphatic imine (C=N–C) groups is 2. The van der Waals surface area contributed by atoms with Crippen LogP contribution >= 0.6 is 22.6 Å². The SMILES string of the molecule is C=C(C)N=C(N=O)[C@H]1N=C(CCC[C@](C)(F)I)C=C1C. The quantitative estimate of drug-likeness (QED) is 0.212. The summed E-state index contributed by atoms with van der Waals surface area (Å²) in [5.74, 6) is 0.130. The van der Waals surface area contributed by atoms with Gasteiger partial charge >= 0.3 is 0 Å². The van der Waals surface area contributed by atoms with Crippen molar-refractivity contribution < 1.29 is 4.39 Å². The van der Waals surface area contributed by atoms with E-state index in [2.05, 4.69) is 21.7 Å². The fourth-order valence-corrected chi connectivity index (χ4v) is 2.33. The van der Waals surface area contributed by atoms with E-state index >= 15 is 0 Å². The Bertz CT molecular complexity index is 489. The fourth-order valence-electron chi connectivity index (χ4n) is 1.95. The Hall–Kier alpha value is -0.920. The molecule has 2 atom stereocenters. The molecule has 6 heteroatoms. The van der Waals surface area contributed by atoms with E-state index in [0.29, 0.717) is 25.0 Å². The summed E-state index contributed by atoms with van der Waals surface area (Å²) >= 11 is 1.79. The maximum Gasteiger partial charge on any atom is 0.202 e. The molecule has 0 saturated heterocycles. The minimum atomic E-state index is -1.19. The molecule has 0 aliphatic carbocycles. The molecule has 0 amide bonds. The molecule has 20 heavy (non-hydrogen) atoms. The Labute approximate surface area is 132 Å². The molecule has 0 spiro atoms. The van der Waals surface area contributed by atoms with Crippen molar-refractivity contribution in [3.05, 3.63) is 28.8 Å². The standard InChI is InChI=1S/C14H19FIN3O/c1-9(2)17-13(19-20)12-10(3)8-11(18-12)6-5-7-14(4,15)16/h8,12H,1,5-7H2,2-4H3/t12-,14+/m0/s1. The summed E-state index contributed by atoms with van der Waals surface area (Å²) in [5.41, 5.74) is 2.32. The van der Waals surface area contributed by atoms with Gasteiger partial charge in [0.15, 0.2) is 3.68 Å². The molecule has 0 bridgehead atoms. The molecule has 1 aliphatic rings. The van der Waals surface area contributed by atoms with Gasteiger partial charge in [0.1, 0.15) is 6.04 Å². The number of allylic oxidation sites excluding steroid dienone is 2. The molecule has 0 unspecified atom stereocenters. The van der Waals surface area contributed by atoms with E-state index < -0.39 is 9.72 Å². The summed E-state index contributed by atoms with van der Waals surface area (Å²) in [6.07, 6.45) is 3.80. The third kappa shape index (κ3) is 5.60. The summed E-state index contributed by atoms with van der Waals surface area (Å²) in [6.45, 7) is 8.78. The van der Waals surface area contributed by atoms with Crippen LogP contribution in [0.2, 0.25) is 0 Å². The number of rotatable bonds is 6. The molecule has 110 valence electrons. The van der Waals surface area contributed by atoms with Gasteiger partial charge in [-0.25, -0.2) is 9.38 Å². The van der Waals surface area contributed by atoms with Crippen molar-refractivity contribution in [2.45, 2.75) is 49.8 Å². The smallest absolute Gasteiger partial charge is 0.202 e. The molecular formula is C14H19FIN3O. The summed E-state index contributed by atoms with van der Waals surface area (Å²) in [6, 6.07) is -0.421. The maximum atomic E-state index is 13.4. The van der Waals surface area contributed by atoms with Crippen LogP contribution in [0.4, 0.5) is 4.39 Å². The second kappa shape index (κ2) is 7.19. The molecule has 0 aromatic heterocycles. The first-order valence-corrected chi connectivity index (χ1v) is 7.51. The van der Waals surface area contributed by atoms with Crippen molar-refractivity contribution in [1.29, 1.82) is 0 Å². The second-order valence-corrected chi connectivity index (χ2v) is 7.38. The van der Waals surface area contributed by atoms with Crippen LogP contribution in [0.5, 0.6) is 0 Å². The predicted molar refractivity (Wildman–Crippen MR) is 90.4 cm³/mol. The number of halogens is 2. The maximum absolute atomic E-state index is 13.4. The van der Waals surface area contributed by atoms with Gasteiger partial charge in [0.25, 0.3) is 0 Å². The Balaban J connectivity index is 2.72. The number of hydrogen-bond acceptors (Lipinski definition) is 3. The highest BCUT2D eigenvalue weighted by atomic mass is 127. The fraction of sp³-hybridized carbons (Fsp3) is 0.571. The monoisotopic (exact) mass is 391 g/mol. The molecular weight excluding hydrogens is 372 g/mol. The van der Waals surface area contributed by atoms with Crippen LogP contribution in [0.25, 0.3) is 0 Å². The van der Waals surface area contributed by atoms with E-state index in [1.807, 2.05) is 13.0 Å². The Morgan fingerprint density at radius 2 is 2.30 bits per heavy atom. The van der Waals surface area contributed by atoms with Crippen molar-refractivity contribution in [2.24, 2.45) is 15.2 Å². The zero-order chi connectivity index (χ0) is 15.3. The zero-order valence-electron chi connectivity index (χ0n) is 12.0. The molecule has 1 heterocycles. The third-order valence-electron chi connectivity index (χ3n) is 2.81. The minimum Gasteiger partial charge on any atom is -0.274 e. The molecule has 0 saturated carbocycles. The first-order chi connectivity index (χ1) is 9.23. The highest BCUT2D eigenvalue weighted by Gasteiger charge is 2.24. The molecule has 4 nitrogen and oxygen atoms in total. The normalized spacial score (nSPS) is 22.1. The van der Waals surface area contributed by atoms with Gasteiger partial charge in [-0.1, -0.05) is 6.58 Å². The van der Waals surface area contributed by atoms with Gasteiger partial charge in [-0.05, 0) is 79.5 Å². The Kier molecular flexibility index (Phi) is 6.16. The second-order valence-electron chi connectivity index (χ2n) is 5.13. The van der Waals surface area contributed by atoms with E-state index in [4.69, 9.17) is 0 Å². The van der Waals surface area contributed by atoms with Crippen molar-refractivity contribution in [3.63, 3.8) is 0 Å². The molecule has 0 aromatic carbocycles. The van der Waals surface area contributed by atoms with Crippen molar-refractivity contribution in [2.75, 3.05) is 0 Å². The number of amidine groups is 1. The van der Waals surface area contributed by atoms with Gasteiger partial charge in [-0.15, -0.1) is 4.91 Å². The average molecular weight is 391 g/mol. The van der Waals surface area contributed by atoms with Crippen LogP contribution in [-0.4, -0.2) is 21.3 Å². The van der Waals surface area contributed by atoms with Crippen LogP contribution in [0.1, 0.15) is 40.0 Å². The molecule has 1 aliphatic heterocycles. The third-order valence-corrected chi connectivity index (χ3v) is 3.35. The van der Waals surface area contributed by atoms with Gasteiger partial charge in [-0.2, -0.15) is 0 Å². The highest BCUT2D eigenvalue weighted by Crippen LogP contribution is 2.27. The highest BCUT2D eigenvalue weighted by molar-refractivity contribution is 14.1. The van der Waals surface area contributed by atoms with E-state index in [1.54, 1.807) is 36.4 Å². The lowest BCUT2D eigenvalue weighted by atomic mass is 10.1. The van der Waals surface area contributed by atoms with Gasteiger partial charge in [0, 0.05) is 11.4 Å². The van der Waals surface area contributed by atoms with Crippen LogP contribution in [0, 0.1) is 4.91 Å². The molecule has 0 N–H and O–H groups in total. The Morgan fingerprint density at radius 1 is 1.65 bits per heavy atom. The zero-order valence-corrected chi connectivity index (χ0v) is 14.1. The van der Waals surface area contributed by atoms with E-state index in [9.17, 15) is 9.30 Å². The van der Waals surface area contributed by atoms with Gasteiger partial charge in [0.05, 0.1) is 0 Å². The van der Waals surface area contributed by atoms with Gasteiger partial charge in [0.2, 0.25) is 5.84 Å². The van der Waals surface area contributed by atoms with E-state index in [1.165, 1.54) is 0 Å².